The van der Waals surface area contributed by atoms with Crippen LogP contribution in [0.25, 0.3) is 0 Å². The van der Waals surface area contributed by atoms with Gasteiger partial charge in [-0.1, -0.05) is 19.1 Å². The predicted molar refractivity (Wildman–Crippen MR) is 77.8 cm³/mol. The summed E-state index contributed by atoms with van der Waals surface area (Å²) in [4.78, 5) is 2.53. The first-order chi connectivity index (χ1) is 8.24. The Morgan fingerprint density at radius 3 is 2.94 bits per heavy atom. The van der Waals surface area contributed by atoms with Crippen molar-refractivity contribution in [2.24, 2.45) is 5.73 Å². The molecule has 1 aliphatic heterocycles. The first-order valence-corrected chi connectivity index (χ1v) is 7.45. The summed E-state index contributed by atoms with van der Waals surface area (Å²) in [5, 5.41) is 0.789. The van der Waals surface area contributed by atoms with Gasteiger partial charge in [0.15, 0.2) is 0 Å². The minimum absolute atomic E-state index is 0.633. The van der Waals surface area contributed by atoms with E-state index in [4.69, 9.17) is 5.73 Å². The van der Waals surface area contributed by atoms with Crippen molar-refractivity contribution in [1.82, 2.24) is 0 Å². The zero-order valence-corrected chi connectivity index (χ0v) is 11.6. The maximum atomic E-state index is 5.67. The second kappa shape index (κ2) is 5.78. The third-order valence-electron chi connectivity index (χ3n) is 3.43. The molecule has 1 aliphatic rings. The van der Waals surface area contributed by atoms with Crippen LogP contribution >= 0.6 is 11.8 Å². The fourth-order valence-corrected chi connectivity index (χ4v) is 3.56. The summed E-state index contributed by atoms with van der Waals surface area (Å²) in [6.07, 6.45) is 1.26. The lowest BCUT2D eigenvalue weighted by atomic mass is 10.1. The lowest BCUT2D eigenvalue weighted by Gasteiger charge is -2.34. The van der Waals surface area contributed by atoms with Crippen molar-refractivity contribution in [3.63, 3.8) is 0 Å². The van der Waals surface area contributed by atoms with E-state index in [1.54, 1.807) is 0 Å². The van der Waals surface area contributed by atoms with Crippen LogP contribution in [0.5, 0.6) is 0 Å². The van der Waals surface area contributed by atoms with Crippen LogP contribution in [0.15, 0.2) is 18.2 Å². The van der Waals surface area contributed by atoms with E-state index >= 15 is 0 Å². The summed E-state index contributed by atoms with van der Waals surface area (Å²) in [5.74, 6) is 1.25. The van der Waals surface area contributed by atoms with Crippen LogP contribution in [0.3, 0.4) is 0 Å². The molecule has 2 N–H and O–H groups in total. The Kier molecular flexibility index (Phi) is 4.35. The first-order valence-electron chi connectivity index (χ1n) is 6.40. The van der Waals surface area contributed by atoms with Gasteiger partial charge in [0.05, 0.1) is 0 Å². The summed E-state index contributed by atoms with van der Waals surface area (Å²) < 4.78 is 0. The number of hydrogen-bond donors (Lipinski definition) is 1. The fraction of sp³-hybridized carbons (Fsp3) is 0.571. The number of anilines is 1. The third-order valence-corrected chi connectivity index (χ3v) is 4.80. The molecule has 1 heterocycles. The normalized spacial score (nSPS) is 20.6. The first kappa shape index (κ1) is 12.8. The van der Waals surface area contributed by atoms with E-state index in [-0.39, 0.29) is 0 Å². The zero-order valence-electron chi connectivity index (χ0n) is 10.8. The molecule has 1 aromatic rings. The number of nitrogens with zero attached hydrogens (tertiary/aromatic N) is 1. The monoisotopic (exact) mass is 250 g/mol. The highest BCUT2D eigenvalue weighted by molar-refractivity contribution is 8.00. The molecular weight excluding hydrogens is 228 g/mol. The Balaban J connectivity index is 2.16. The van der Waals surface area contributed by atoms with Gasteiger partial charge in [-0.3, -0.25) is 0 Å². The molecular formula is C14H22N2S. The van der Waals surface area contributed by atoms with Gasteiger partial charge in [0.25, 0.3) is 0 Å². The van der Waals surface area contributed by atoms with Gasteiger partial charge in [-0.05, 0) is 30.5 Å². The summed E-state index contributed by atoms with van der Waals surface area (Å²) in [5.41, 5.74) is 9.65. The van der Waals surface area contributed by atoms with Gasteiger partial charge in [0, 0.05) is 36.3 Å². The highest BCUT2D eigenvalue weighted by Crippen LogP contribution is 2.28. The number of benzene rings is 1. The standard InChI is InChI=1S/C14H22N2S/c1-3-13-10-16(6-7-17-13)14-5-4-12(9-15)8-11(14)2/h4-5,8,13H,3,6-7,9-10,15H2,1-2H3. The molecule has 2 nitrogen and oxygen atoms in total. The van der Waals surface area contributed by atoms with Crippen LogP contribution in [0.2, 0.25) is 0 Å². The maximum absolute atomic E-state index is 5.67. The van der Waals surface area contributed by atoms with Gasteiger partial charge in [0.1, 0.15) is 0 Å². The molecule has 1 unspecified atom stereocenters. The average Bonchev–Trinajstić information content (AvgIpc) is 2.38. The van der Waals surface area contributed by atoms with Crippen molar-refractivity contribution in [3.05, 3.63) is 29.3 Å². The Morgan fingerprint density at radius 2 is 2.29 bits per heavy atom. The van der Waals surface area contributed by atoms with E-state index in [1.165, 1.54) is 42.1 Å². The second-order valence-electron chi connectivity index (χ2n) is 4.67. The SMILES string of the molecule is CCC1CN(c2ccc(CN)cc2C)CCS1. The van der Waals surface area contributed by atoms with E-state index < -0.39 is 0 Å². The van der Waals surface area contributed by atoms with E-state index in [9.17, 15) is 0 Å². The quantitative estimate of drug-likeness (QED) is 0.894. The van der Waals surface area contributed by atoms with E-state index in [2.05, 4.69) is 48.7 Å². The molecule has 1 saturated heterocycles. The molecule has 0 saturated carbocycles. The molecule has 1 atom stereocenters. The van der Waals surface area contributed by atoms with Crippen LogP contribution in [0.1, 0.15) is 24.5 Å². The van der Waals surface area contributed by atoms with Crippen molar-refractivity contribution in [3.8, 4) is 0 Å². The van der Waals surface area contributed by atoms with Gasteiger partial charge in [-0.2, -0.15) is 11.8 Å². The molecule has 0 aromatic heterocycles. The molecule has 1 aromatic carbocycles. The van der Waals surface area contributed by atoms with Gasteiger partial charge >= 0.3 is 0 Å². The van der Waals surface area contributed by atoms with Gasteiger partial charge in [-0.25, -0.2) is 0 Å². The van der Waals surface area contributed by atoms with Crippen molar-refractivity contribution >= 4 is 17.4 Å². The summed E-state index contributed by atoms with van der Waals surface area (Å²) in [6.45, 7) is 7.46. The zero-order chi connectivity index (χ0) is 12.3. The Bertz CT molecular complexity index is 378. The van der Waals surface area contributed by atoms with Crippen molar-refractivity contribution in [2.75, 3.05) is 23.7 Å². The predicted octanol–water partition coefficient (Wildman–Crippen LogP) is 2.79. The fourth-order valence-electron chi connectivity index (χ4n) is 2.38. The lowest BCUT2D eigenvalue weighted by molar-refractivity contribution is 0.726. The minimum Gasteiger partial charge on any atom is -0.369 e. The summed E-state index contributed by atoms with van der Waals surface area (Å²) in [7, 11) is 0. The van der Waals surface area contributed by atoms with Crippen LogP contribution < -0.4 is 10.6 Å². The van der Waals surface area contributed by atoms with Crippen molar-refractivity contribution in [1.29, 1.82) is 0 Å². The Morgan fingerprint density at radius 1 is 1.47 bits per heavy atom. The number of rotatable bonds is 3. The molecule has 0 spiro atoms. The average molecular weight is 250 g/mol. The number of hydrogen-bond acceptors (Lipinski definition) is 3. The van der Waals surface area contributed by atoms with Gasteiger partial charge in [-0.15, -0.1) is 0 Å². The van der Waals surface area contributed by atoms with E-state index in [1.807, 2.05) is 0 Å². The Labute approximate surface area is 109 Å². The topological polar surface area (TPSA) is 29.3 Å². The highest BCUT2D eigenvalue weighted by atomic mass is 32.2. The summed E-state index contributed by atoms with van der Waals surface area (Å²) >= 11 is 2.11. The summed E-state index contributed by atoms with van der Waals surface area (Å²) in [6, 6.07) is 6.61. The van der Waals surface area contributed by atoms with Crippen LogP contribution in [0.4, 0.5) is 5.69 Å². The van der Waals surface area contributed by atoms with E-state index in [0.29, 0.717) is 6.54 Å². The molecule has 17 heavy (non-hydrogen) atoms. The third kappa shape index (κ3) is 2.96. The van der Waals surface area contributed by atoms with Gasteiger partial charge < -0.3 is 10.6 Å². The van der Waals surface area contributed by atoms with Gasteiger partial charge in [0.2, 0.25) is 0 Å². The number of nitrogens with two attached hydrogens (primary N) is 1. The molecule has 0 amide bonds. The highest BCUT2D eigenvalue weighted by Gasteiger charge is 2.20. The van der Waals surface area contributed by atoms with Crippen molar-refractivity contribution in [2.45, 2.75) is 32.1 Å². The maximum Gasteiger partial charge on any atom is 0.0396 e. The van der Waals surface area contributed by atoms with Crippen LogP contribution in [-0.4, -0.2) is 24.1 Å². The molecule has 0 bridgehead atoms. The minimum atomic E-state index is 0.633. The van der Waals surface area contributed by atoms with E-state index in [0.717, 1.165) is 5.25 Å². The van der Waals surface area contributed by atoms with Crippen molar-refractivity contribution < 1.29 is 0 Å². The molecule has 2 rings (SSSR count). The lowest BCUT2D eigenvalue weighted by Crippen LogP contribution is -2.38. The second-order valence-corrected chi connectivity index (χ2v) is 6.08. The molecule has 1 fully saturated rings. The van der Waals surface area contributed by atoms with Crippen LogP contribution in [0, 0.1) is 6.92 Å². The molecule has 0 aliphatic carbocycles. The molecule has 94 valence electrons. The largest absolute Gasteiger partial charge is 0.369 e. The molecule has 0 radical (unpaired) electrons. The number of thioether (sulfide) groups is 1. The van der Waals surface area contributed by atoms with Crippen LogP contribution in [-0.2, 0) is 6.54 Å². The molecule has 3 heteroatoms. The number of aryl methyl sites for hydroxylation is 1. The Hall–Kier alpha value is -0.670. The smallest absolute Gasteiger partial charge is 0.0396 e.